The third kappa shape index (κ3) is 3.88. The number of rotatable bonds is 3. The molecule has 3 aromatic heterocycles. The van der Waals surface area contributed by atoms with Gasteiger partial charge in [-0.25, -0.2) is 0 Å². The van der Waals surface area contributed by atoms with Gasteiger partial charge in [0.05, 0.1) is 22.1 Å². The predicted molar refractivity (Wildman–Crippen MR) is 211 cm³/mol. The van der Waals surface area contributed by atoms with Gasteiger partial charge in [-0.3, -0.25) is 0 Å². The van der Waals surface area contributed by atoms with Crippen LogP contribution in [0.15, 0.2) is 170 Å². The Hall–Kier alpha value is -6.16. The molecule has 3 heterocycles. The van der Waals surface area contributed by atoms with Gasteiger partial charge in [-0.05, 0) is 82.6 Å². The molecule has 49 heavy (non-hydrogen) atoms. The molecular weight excluding hydrogens is 613 g/mol. The minimum absolute atomic E-state index is 1.16. The molecule has 11 aromatic rings. The molecule has 0 spiro atoms. The Labute approximate surface area is 286 Å². The quantitative estimate of drug-likeness (QED) is 0.182. The number of hydrogen-bond donors (Lipinski definition) is 0. The van der Waals surface area contributed by atoms with Gasteiger partial charge in [-0.15, -0.1) is 11.3 Å². The standard InChI is InChI=1S/C46H28N2S/c1-2-12-33(13-3-1)48-42-28-41-38(27-39(42)36-24-25-44-45(46(36)48)37-15-7-9-17-43(37)49-44)35-14-6-8-16-40(35)47(41)34-22-20-30(21-23-34)32-19-18-29-10-4-5-11-31(29)26-32/h1-28H. The van der Waals surface area contributed by atoms with E-state index < -0.39 is 0 Å². The summed E-state index contributed by atoms with van der Waals surface area (Å²) < 4.78 is 7.58. The number of thiophene rings is 1. The van der Waals surface area contributed by atoms with Crippen molar-refractivity contribution in [3.05, 3.63) is 170 Å². The minimum Gasteiger partial charge on any atom is -0.309 e. The molecule has 11 rings (SSSR count). The van der Waals surface area contributed by atoms with Crippen LogP contribution in [-0.2, 0) is 0 Å². The summed E-state index contributed by atoms with van der Waals surface area (Å²) in [6, 6.07) is 62.4. The van der Waals surface area contributed by atoms with Crippen molar-refractivity contribution in [2.75, 3.05) is 0 Å². The maximum Gasteiger partial charge on any atom is 0.0634 e. The topological polar surface area (TPSA) is 9.86 Å². The van der Waals surface area contributed by atoms with Crippen molar-refractivity contribution in [1.29, 1.82) is 0 Å². The highest BCUT2D eigenvalue weighted by molar-refractivity contribution is 7.26. The first-order valence-electron chi connectivity index (χ1n) is 16.8. The first-order valence-corrected chi connectivity index (χ1v) is 17.6. The summed E-state index contributed by atoms with van der Waals surface area (Å²) in [5.74, 6) is 0. The molecule has 228 valence electrons. The molecule has 0 unspecified atom stereocenters. The lowest BCUT2D eigenvalue weighted by Crippen LogP contribution is -1.96. The second kappa shape index (κ2) is 10.2. The molecule has 0 saturated heterocycles. The highest BCUT2D eigenvalue weighted by atomic mass is 32.1. The number of benzene rings is 8. The molecule has 0 radical (unpaired) electrons. The SMILES string of the molecule is c1ccc(-n2c3cc4c(cc3c3ccc5sc6ccccc6c5c32)c2ccccc2n4-c2ccc(-c3ccc4ccccc4c3)cc2)cc1. The van der Waals surface area contributed by atoms with Crippen LogP contribution in [0.5, 0.6) is 0 Å². The van der Waals surface area contributed by atoms with Crippen molar-refractivity contribution in [2.24, 2.45) is 0 Å². The Morgan fingerprint density at radius 3 is 1.90 bits per heavy atom. The van der Waals surface area contributed by atoms with Gasteiger partial charge < -0.3 is 9.13 Å². The van der Waals surface area contributed by atoms with E-state index in [1.807, 2.05) is 11.3 Å². The number of para-hydroxylation sites is 2. The maximum atomic E-state index is 2.50. The highest BCUT2D eigenvalue weighted by Crippen LogP contribution is 2.45. The Morgan fingerprint density at radius 1 is 0.347 bits per heavy atom. The first kappa shape index (κ1) is 26.9. The molecule has 0 aliphatic heterocycles. The average Bonchev–Trinajstić information content (AvgIpc) is 3.81. The number of hydrogen-bond acceptors (Lipinski definition) is 1. The highest BCUT2D eigenvalue weighted by Gasteiger charge is 2.21. The van der Waals surface area contributed by atoms with Crippen LogP contribution < -0.4 is 0 Å². The lowest BCUT2D eigenvalue weighted by Gasteiger charge is -2.11. The monoisotopic (exact) mass is 640 g/mol. The maximum absolute atomic E-state index is 2.50. The van der Waals surface area contributed by atoms with E-state index in [1.165, 1.54) is 91.4 Å². The average molecular weight is 641 g/mol. The van der Waals surface area contributed by atoms with Crippen LogP contribution in [0, 0.1) is 0 Å². The fraction of sp³-hybridized carbons (Fsp3) is 0. The first-order chi connectivity index (χ1) is 24.3. The van der Waals surface area contributed by atoms with Crippen LogP contribution in [0.4, 0.5) is 0 Å². The van der Waals surface area contributed by atoms with Crippen molar-refractivity contribution < 1.29 is 0 Å². The van der Waals surface area contributed by atoms with Crippen molar-refractivity contribution >= 4 is 85.9 Å². The van der Waals surface area contributed by atoms with Crippen molar-refractivity contribution in [2.45, 2.75) is 0 Å². The molecule has 0 fully saturated rings. The van der Waals surface area contributed by atoms with Gasteiger partial charge >= 0.3 is 0 Å². The van der Waals surface area contributed by atoms with Gasteiger partial charge in [0.1, 0.15) is 0 Å². The van der Waals surface area contributed by atoms with E-state index in [0.717, 1.165) is 5.69 Å². The van der Waals surface area contributed by atoms with E-state index in [0.29, 0.717) is 0 Å². The molecule has 0 N–H and O–H groups in total. The molecule has 3 heteroatoms. The third-order valence-electron chi connectivity index (χ3n) is 10.3. The molecule has 0 atom stereocenters. The van der Waals surface area contributed by atoms with E-state index in [4.69, 9.17) is 0 Å². The zero-order chi connectivity index (χ0) is 32.1. The molecule has 0 aliphatic carbocycles. The lowest BCUT2D eigenvalue weighted by molar-refractivity contribution is 1.17. The summed E-state index contributed by atoms with van der Waals surface area (Å²) in [7, 11) is 0. The lowest BCUT2D eigenvalue weighted by atomic mass is 10.0. The number of aromatic nitrogens is 2. The fourth-order valence-electron chi connectivity index (χ4n) is 8.07. The van der Waals surface area contributed by atoms with Crippen LogP contribution in [0.25, 0.3) is 97.1 Å². The molecule has 8 aromatic carbocycles. The molecule has 0 bridgehead atoms. The second-order valence-electron chi connectivity index (χ2n) is 13.0. The Kier molecular flexibility index (Phi) is 5.57. The van der Waals surface area contributed by atoms with E-state index in [1.54, 1.807) is 0 Å². The normalized spacial score (nSPS) is 12.1. The summed E-state index contributed by atoms with van der Waals surface area (Å²) >= 11 is 1.88. The third-order valence-corrected chi connectivity index (χ3v) is 11.4. The smallest absolute Gasteiger partial charge is 0.0634 e. The summed E-state index contributed by atoms with van der Waals surface area (Å²) in [6.45, 7) is 0. The van der Waals surface area contributed by atoms with Gasteiger partial charge in [-0.2, -0.15) is 0 Å². The van der Waals surface area contributed by atoms with Gasteiger partial charge in [0, 0.05) is 53.1 Å². The number of nitrogens with zero attached hydrogens (tertiary/aromatic N) is 2. The van der Waals surface area contributed by atoms with E-state index in [-0.39, 0.29) is 0 Å². The Morgan fingerprint density at radius 2 is 1.02 bits per heavy atom. The van der Waals surface area contributed by atoms with Crippen LogP contribution in [0.3, 0.4) is 0 Å². The van der Waals surface area contributed by atoms with Crippen LogP contribution >= 0.6 is 11.3 Å². The van der Waals surface area contributed by atoms with Gasteiger partial charge in [0.15, 0.2) is 0 Å². The van der Waals surface area contributed by atoms with Gasteiger partial charge in [-0.1, -0.05) is 109 Å². The Balaban J connectivity index is 1.21. The zero-order valence-electron chi connectivity index (χ0n) is 26.5. The summed E-state index contributed by atoms with van der Waals surface area (Å²) in [6.07, 6.45) is 0. The summed E-state index contributed by atoms with van der Waals surface area (Å²) in [4.78, 5) is 0. The largest absolute Gasteiger partial charge is 0.309 e. The molecule has 0 amide bonds. The zero-order valence-corrected chi connectivity index (χ0v) is 27.3. The predicted octanol–water partition coefficient (Wildman–Crippen LogP) is 13.1. The van der Waals surface area contributed by atoms with Crippen LogP contribution in [-0.4, -0.2) is 9.13 Å². The summed E-state index contributed by atoms with van der Waals surface area (Å²) in [5.41, 5.74) is 9.69. The van der Waals surface area contributed by atoms with Crippen LogP contribution in [0.1, 0.15) is 0 Å². The van der Waals surface area contributed by atoms with Crippen LogP contribution in [0.2, 0.25) is 0 Å². The van der Waals surface area contributed by atoms with Crippen molar-refractivity contribution in [3.8, 4) is 22.5 Å². The summed E-state index contributed by atoms with van der Waals surface area (Å²) in [5, 5.41) is 10.3. The van der Waals surface area contributed by atoms with E-state index in [9.17, 15) is 0 Å². The molecular formula is C46H28N2S. The van der Waals surface area contributed by atoms with E-state index >= 15 is 0 Å². The minimum atomic E-state index is 1.16. The van der Waals surface area contributed by atoms with E-state index in [2.05, 4.69) is 179 Å². The van der Waals surface area contributed by atoms with Crippen molar-refractivity contribution in [3.63, 3.8) is 0 Å². The molecule has 0 aliphatic rings. The van der Waals surface area contributed by atoms with Crippen molar-refractivity contribution in [1.82, 2.24) is 9.13 Å². The fourth-order valence-corrected chi connectivity index (χ4v) is 9.18. The number of fused-ring (bicyclic) bond motifs is 11. The Bertz CT molecular complexity index is 3090. The second-order valence-corrected chi connectivity index (χ2v) is 14.0. The molecule has 2 nitrogen and oxygen atoms in total. The van der Waals surface area contributed by atoms with Gasteiger partial charge in [0.25, 0.3) is 0 Å². The molecule has 0 saturated carbocycles. The van der Waals surface area contributed by atoms with Gasteiger partial charge in [0.2, 0.25) is 0 Å².